The van der Waals surface area contributed by atoms with Crippen LogP contribution in [0, 0.1) is 0 Å². The molecule has 1 aliphatic heterocycles. The number of aliphatic hydroxyl groups is 1. The highest BCUT2D eigenvalue weighted by atomic mass is 16.7. The van der Waals surface area contributed by atoms with Gasteiger partial charge in [0.25, 0.3) is 0 Å². The standard InChI is InChI=1S/C10H16O7/c1-5(11)16-7-4-15-10(13)9(8(7)14-3)17-6(2)12/h7-10,13H,4H2,1-3H3/t7-,8+,9-,10?/m1/s1. The van der Waals surface area contributed by atoms with Crippen LogP contribution in [0.5, 0.6) is 0 Å². The maximum absolute atomic E-state index is 10.9. The van der Waals surface area contributed by atoms with Gasteiger partial charge in [-0.15, -0.1) is 0 Å². The minimum absolute atomic E-state index is 0.0168. The van der Waals surface area contributed by atoms with Gasteiger partial charge in [-0.05, 0) is 0 Å². The lowest BCUT2D eigenvalue weighted by Crippen LogP contribution is -2.56. The van der Waals surface area contributed by atoms with Gasteiger partial charge in [0.1, 0.15) is 6.10 Å². The van der Waals surface area contributed by atoms with E-state index < -0.39 is 36.5 Å². The van der Waals surface area contributed by atoms with Crippen molar-refractivity contribution in [3.8, 4) is 0 Å². The number of carbonyl (C=O) groups excluding carboxylic acids is 2. The summed E-state index contributed by atoms with van der Waals surface area (Å²) in [5.74, 6) is -1.08. The molecule has 1 rings (SSSR count). The van der Waals surface area contributed by atoms with Gasteiger partial charge < -0.3 is 24.1 Å². The van der Waals surface area contributed by atoms with E-state index in [1.807, 2.05) is 0 Å². The van der Waals surface area contributed by atoms with Gasteiger partial charge in [0.05, 0.1) is 6.61 Å². The Morgan fingerprint density at radius 1 is 1.18 bits per heavy atom. The Balaban J connectivity index is 2.76. The van der Waals surface area contributed by atoms with Crippen molar-refractivity contribution in [3.05, 3.63) is 0 Å². The van der Waals surface area contributed by atoms with Crippen molar-refractivity contribution in [3.63, 3.8) is 0 Å². The summed E-state index contributed by atoms with van der Waals surface area (Å²) < 4.78 is 19.9. The monoisotopic (exact) mass is 248 g/mol. The van der Waals surface area contributed by atoms with E-state index in [0.29, 0.717) is 0 Å². The van der Waals surface area contributed by atoms with E-state index in [1.54, 1.807) is 0 Å². The SMILES string of the molecule is CO[C@H]1[C@H](OC(C)=O)COC(O)[C@@H]1OC(C)=O. The molecular formula is C10H16O7. The lowest BCUT2D eigenvalue weighted by atomic mass is 10.0. The van der Waals surface area contributed by atoms with Gasteiger partial charge in [0.15, 0.2) is 18.5 Å². The van der Waals surface area contributed by atoms with Gasteiger partial charge in [0, 0.05) is 21.0 Å². The van der Waals surface area contributed by atoms with Crippen LogP contribution in [0.25, 0.3) is 0 Å². The second-order valence-electron chi connectivity index (χ2n) is 3.65. The molecule has 0 amide bonds. The van der Waals surface area contributed by atoms with Crippen molar-refractivity contribution in [2.75, 3.05) is 13.7 Å². The van der Waals surface area contributed by atoms with Gasteiger partial charge in [-0.25, -0.2) is 0 Å². The van der Waals surface area contributed by atoms with Crippen molar-refractivity contribution in [1.29, 1.82) is 0 Å². The average Bonchev–Trinajstić information content (AvgIpc) is 2.22. The Morgan fingerprint density at radius 2 is 1.76 bits per heavy atom. The Kier molecular flexibility index (Phi) is 4.86. The van der Waals surface area contributed by atoms with Crippen molar-refractivity contribution >= 4 is 11.9 Å². The smallest absolute Gasteiger partial charge is 0.303 e. The van der Waals surface area contributed by atoms with Crippen LogP contribution in [0.2, 0.25) is 0 Å². The Hall–Kier alpha value is -1.18. The topological polar surface area (TPSA) is 91.3 Å². The lowest BCUT2D eigenvalue weighted by Gasteiger charge is -2.38. The number of methoxy groups -OCH3 is 1. The van der Waals surface area contributed by atoms with E-state index >= 15 is 0 Å². The third kappa shape index (κ3) is 3.65. The summed E-state index contributed by atoms with van der Waals surface area (Å²) in [7, 11) is 1.37. The first-order chi connectivity index (χ1) is 7.95. The third-order valence-corrected chi connectivity index (χ3v) is 2.29. The highest BCUT2D eigenvalue weighted by Gasteiger charge is 2.44. The molecule has 1 N–H and O–H groups in total. The number of ether oxygens (including phenoxy) is 4. The van der Waals surface area contributed by atoms with Crippen molar-refractivity contribution in [2.45, 2.75) is 38.4 Å². The molecule has 1 saturated heterocycles. The van der Waals surface area contributed by atoms with E-state index in [0.717, 1.165) is 0 Å². The molecule has 0 spiro atoms. The highest BCUT2D eigenvalue weighted by Crippen LogP contribution is 2.22. The van der Waals surface area contributed by atoms with Crippen LogP contribution in [0.1, 0.15) is 13.8 Å². The van der Waals surface area contributed by atoms with Gasteiger partial charge in [-0.3, -0.25) is 9.59 Å². The molecule has 0 aliphatic carbocycles. The summed E-state index contributed by atoms with van der Waals surface area (Å²) >= 11 is 0. The molecule has 7 nitrogen and oxygen atoms in total. The normalized spacial score (nSPS) is 32.9. The molecule has 1 aliphatic rings. The second kappa shape index (κ2) is 5.95. The fourth-order valence-corrected chi connectivity index (χ4v) is 1.67. The van der Waals surface area contributed by atoms with E-state index in [2.05, 4.69) is 0 Å². The van der Waals surface area contributed by atoms with Gasteiger partial charge in [-0.2, -0.15) is 0 Å². The molecule has 7 heteroatoms. The maximum atomic E-state index is 10.9. The average molecular weight is 248 g/mol. The molecule has 1 heterocycles. The molecule has 0 radical (unpaired) electrons. The summed E-state index contributed by atoms with van der Waals surface area (Å²) in [6.07, 6.45) is -3.79. The van der Waals surface area contributed by atoms with E-state index in [1.165, 1.54) is 21.0 Å². The van der Waals surface area contributed by atoms with Crippen LogP contribution < -0.4 is 0 Å². The highest BCUT2D eigenvalue weighted by molar-refractivity contribution is 5.67. The molecule has 0 saturated carbocycles. The van der Waals surface area contributed by atoms with Gasteiger partial charge in [0.2, 0.25) is 0 Å². The minimum Gasteiger partial charge on any atom is -0.457 e. The number of hydrogen-bond donors (Lipinski definition) is 1. The third-order valence-electron chi connectivity index (χ3n) is 2.29. The molecule has 4 atom stereocenters. The van der Waals surface area contributed by atoms with Crippen LogP contribution in [0.3, 0.4) is 0 Å². The number of rotatable bonds is 3. The number of hydrogen-bond acceptors (Lipinski definition) is 7. The molecule has 0 bridgehead atoms. The molecule has 0 aromatic carbocycles. The fourth-order valence-electron chi connectivity index (χ4n) is 1.67. The summed E-state index contributed by atoms with van der Waals surface area (Å²) in [6.45, 7) is 2.44. The Bertz CT molecular complexity index is 290. The van der Waals surface area contributed by atoms with Crippen molar-refractivity contribution in [2.24, 2.45) is 0 Å². The first kappa shape index (κ1) is 13.9. The molecule has 1 fully saturated rings. The minimum atomic E-state index is -1.30. The zero-order chi connectivity index (χ0) is 13.0. The van der Waals surface area contributed by atoms with E-state index in [4.69, 9.17) is 18.9 Å². The molecule has 98 valence electrons. The molecule has 0 aromatic heterocycles. The van der Waals surface area contributed by atoms with Gasteiger partial charge >= 0.3 is 11.9 Å². The fraction of sp³-hybridized carbons (Fsp3) is 0.800. The van der Waals surface area contributed by atoms with Crippen molar-refractivity contribution < 1.29 is 33.6 Å². The molecule has 0 aromatic rings. The van der Waals surface area contributed by atoms with Crippen molar-refractivity contribution in [1.82, 2.24) is 0 Å². The van der Waals surface area contributed by atoms with Crippen LogP contribution >= 0.6 is 0 Å². The predicted octanol–water partition coefficient (Wildman–Crippen LogP) is -0.787. The number of carbonyl (C=O) groups is 2. The summed E-state index contributed by atoms with van der Waals surface area (Å²) in [4.78, 5) is 21.8. The molecular weight excluding hydrogens is 232 g/mol. The van der Waals surface area contributed by atoms with E-state index in [9.17, 15) is 14.7 Å². The summed E-state index contributed by atoms with van der Waals surface area (Å²) in [5, 5.41) is 9.55. The number of esters is 2. The summed E-state index contributed by atoms with van der Waals surface area (Å²) in [6, 6.07) is 0. The Labute approximate surface area is 98.6 Å². The van der Waals surface area contributed by atoms with E-state index in [-0.39, 0.29) is 6.61 Å². The first-order valence-electron chi connectivity index (χ1n) is 5.12. The Morgan fingerprint density at radius 3 is 2.24 bits per heavy atom. The van der Waals surface area contributed by atoms with Crippen LogP contribution in [-0.2, 0) is 28.5 Å². The predicted molar refractivity (Wildman–Crippen MR) is 53.9 cm³/mol. The second-order valence-corrected chi connectivity index (χ2v) is 3.65. The maximum Gasteiger partial charge on any atom is 0.303 e. The largest absolute Gasteiger partial charge is 0.457 e. The van der Waals surface area contributed by atoms with Gasteiger partial charge in [-0.1, -0.05) is 0 Å². The first-order valence-corrected chi connectivity index (χ1v) is 5.12. The quantitative estimate of drug-likeness (QED) is 0.654. The zero-order valence-electron chi connectivity index (χ0n) is 9.91. The molecule has 1 unspecified atom stereocenters. The van der Waals surface area contributed by atoms with Crippen LogP contribution in [0.4, 0.5) is 0 Å². The molecule has 17 heavy (non-hydrogen) atoms. The van der Waals surface area contributed by atoms with Crippen LogP contribution in [0.15, 0.2) is 0 Å². The zero-order valence-corrected chi connectivity index (χ0v) is 9.91. The summed E-state index contributed by atoms with van der Waals surface area (Å²) in [5.41, 5.74) is 0. The lowest BCUT2D eigenvalue weighted by molar-refractivity contribution is -0.267. The number of aliphatic hydroxyl groups excluding tert-OH is 1. The van der Waals surface area contributed by atoms with Crippen LogP contribution in [-0.4, -0.2) is 55.4 Å².